The summed E-state index contributed by atoms with van der Waals surface area (Å²) in [6, 6.07) is 7.91. The second-order valence-corrected chi connectivity index (χ2v) is 5.19. The van der Waals surface area contributed by atoms with Crippen molar-refractivity contribution in [3.05, 3.63) is 24.3 Å². The average molecular weight is 293 g/mol. The Balaban J connectivity index is 2.25. The van der Waals surface area contributed by atoms with Crippen molar-refractivity contribution in [2.45, 2.75) is 26.3 Å². The van der Waals surface area contributed by atoms with Gasteiger partial charge in [0.25, 0.3) is 0 Å². The van der Waals surface area contributed by atoms with Gasteiger partial charge in [0, 0.05) is 30.9 Å². The van der Waals surface area contributed by atoms with Crippen LogP contribution in [0.2, 0.25) is 0 Å². The molecule has 1 atom stereocenters. The topological polar surface area (TPSA) is 53.6 Å². The number of likely N-dealkylation sites (N-methyl/N-ethyl adjacent to an activating group) is 1. The molecular formula is C16H27N3O2. The molecule has 0 saturated carbocycles. The molecule has 2 N–H and O–H groups in total. The van der Waals surface area contributed by atoms with Crippen molar-refractivity contribution in [3.8, 4) is 5.75 Å². The lowest BCUT2D eigenvalue weighted by molar-refractivity contribution is -0.115. The number of rotatable bonds is 9. The molecule has 1 aromatic rings. The lowest BCUT2D eigenvalue weighted by atomic mass is 10.2. The molecule has 1 amide bonds. The number of nitrogens with one attached hydrogen (secondary N) is 2. The highest BCUT2D eigenvalue weighted by Gasteiger charge is 2.06. The molecule has 1 rings (SSSR count). The number of hydrogen-bond donors (Lipinski definition) is 2. The van der Waals surface area contributed by atoms with Gasteiger partial charge in [0.2, 0.25) is 5.91 Å². The monoisotopic (exact) mass is 293 g/mol. The summed E-state index contributed by atoms with van der Waals surface area (Å²) in [4.78, 5) is 14.1. The Morgan fingerprint density at radius 1 is 1.43 bits per heavy atom. The van der Waals surface area contributed by atoms with Crippen molar-refractivity contribution in [2.75, 3.05) is 39.1 Å². The molecule has 0 aliphatic carbocycles. The fraction of sp³-hybridized carbons (Fsp3) is 0.562. The first-order valence-electron chi connectivity index (χ1n) is 7.41. The molecule has 0 fully saturated rings. The molecule has 5 heteroatoms. The van der Waals surface area contributed by atoms with Crippen LogP contribution >= 0.6 is 0 Å². The Morgan fingerprint density at radius 3 is 2.86 bits per heavy atom. The minimum Gasteiger partial charge on any atom is -0.497 e. The summed E-state index contributed by atoms with van der Waals surface area (Å²) in [7, 11) is 3.71. The van der Waals surface area contributed by atoms with E-state index in [2.05, 4.69) is 36.4 Å². The molecule has 0 heterocycles. The number of carbonyl (C=O) groups excluding carboxylic acids is 1. The minimum absolute atomic E-state index is 0.0468. The largest absolute Gasteiger partial charge is 0.497 e. The maximum atomic E-state index is 11.8. The number of ether oxygens (including phenoxy) is 1. The Kier molecular flexibility index (Phi) is 7.79. The quantitative estimate of drug-likeness (QED) is 0.683. The fourth-order valence-corrected chi connectivity index (χ4v) is 1.90. The van der Waals surface area contributed by atoms with E-state index >= 15 is 0 Å². The Hall–Kier alpha value is -1.59. The number of anilines is 1. The molecule has 0 saturated heterocycles. The van der Waals surface area contributed by atoms with Gasteiger partial charge in [0.05, 0.1) is 13.7 Å². The fourth-order valence-electron chi connectivity index (χ4n) is 1.90. The van der Waals surface area contributed by atoms with E-state index in [1.54, 1.807) is 13.2 Å². The number of nitrogens with zero attached hydrogens (tertiary/aromatic N) is 1. The molecule has 0 aliphatic heterocycles. The smallest absolute Gasteiger partial charge is 0.238 e. The summed E-state index contributed by atoms with van der Waals surface area (Å²) < 4.78 is 5.12. The highest BCUT2D eigenvalue weighted by Crippen LogP contribution is 2.16. The van der Waals surface area contributed by atoms with Crippen LogP contribution in [0.3, 0.4) is 0 Å². The second-order valence-electron chi connectivity index (χ2n) is 5.19. The van der Waals surface area contributed by atoms with Crippen molar-refractivity contribution >= 4 is 11.6 Å². The van der Waals surface area contributed by atoms with E-state index in [9.17, 15) is 4.79 Å². The predicted octanol–water partition coefficient (Wildman–Crippen LogP) is 1.95. The Morgan fingerprint density at radius 2 is 2.19 bits per heavy atom. The van der Waals surface area contributed by atoms with E-state index in [1.165, 1.54) is 0 Å². The SMILES string of the molecule is CCC(C)N(C)CCNCC(=O)Nc1cccc(OC)c1. The normalized spacial score (nSPS) is 12.2. The molecule has 21 heavy (non-hydrogen) atoms. The third-order valence-electron chi connectivity index (χ3n) is 3.62. The van der Waals surface area contributed by atoms with Gasteiger partial charge in [0.15, 0.2) is 0 Å². The van der Waals surface area contributed by atoms with E-state index in [1.807, 2.05) is 18.2 Å². The lowest BCUT2D eigenvalue weighted by Gasteiger charge is -2.23. The summed E-state index contributed by atoms with van der Waals surface area (Å²) in [5, 5.41) is 6.00. The van der Waals surface area contributed by atoms with Crippen LogP contribution in [0.1, 0.15) is 20.3 Å². The summed E-state index contributed by atoms with van der Waals surface area (Å²) in [5.41, 5.74) is 0.748. The molecule has 5 nitrogen and oxygen atoms in total. The Labute approximate surface area is 127 Å². The van der Waals surface area contributed by atoms with Crippen molar-refractivity contribution in [2.24, 2.45) is 0 Å². The van der Waals surface area contributed by atoms with Crippen LogP contribution in [0.15, 0.2) is 24.3 Å². The molecule has 0 bridgehead atoms. The summed E-state index contributed by atoms with van der Waals surface area (Å²) in [6.07, 6.45) is 1.13. The third kappa shape index (κ3) is 6.60. The first-order chi connectivity index (χ1) is 10.1. The Bertz CT molecular complexity index is 437. The molecule has 0 radical (unpaired) electrons. The van der Waals surface area contributed by atoms with E-state index < -0.39 is 0 Å². The van der Waals surface area contributed by atoms with Crippen LogP contribution in [0.25, 0.3) is 0 Å². The number of amides is 1. The van der Waals surface area contributed by atoms with Gasteiger partial charge in [-0.05, 0) is 32.5 Å². The van der Waals surface area contributed by atoms with Gasteiger partial charge in [-0.25, -0.2) is 0 Å². The number of carbonyl (C=O) groups is 1. The third-order valence-corrected chi connectivity index (χ3v) is 3.62. The van der Waals surface area contributed by atoms with E-state index in [0.29, 0.717) is 12.6 Å². The average Bonchev–Trinajstić information content (AvgIpc) is 2.50. The minimum atomic E-state index is -0.0468. The van der Waals surface area contributed by atoms with Crippen LogP contribution in [0.5, 0.6) is 5.75 Å². The number of methoxy groups -OCH3 is 1. The summed E-state index contributed by atoms with van der Waals surface area (Å²) in [6.45, 7) is 6.42. The van der Waals surface area contributed by atoms with Gasteiger partial charge < -0.3 is 20.3 Å². The van der Waals surface area contributed by atoms with Crippen LogP contribution in [-0.4, -0.2) is 50.6 Å². The molecule has 0 aliphatic rings. The summed E-state index contributed by atoms with van der Waals surface area (Å²) >= 11 is 0. The van der Waals surface area contributed by atoms with Gasteiger partial charge in [-0.1, -0.05) is 13.0 Å². The van der Waals surface area contributed by atoms with Crippen LogP contribution in [0.4, 0.5) is 5.69 Å². The van der Waals surface area contributed by atoms with Gasteiger partial charge in [0.1, 0.15) is 5.75 Å². The van der Waals surface area contributed by atoms with Crippen LogP contribution in [-0.2, 0) is 4.79 Å². The molecular weight excluding hydrogens is 266 g/mol. The lowest BCUT2D eigenvalue weighted by Crippen LogP contribution is -2.37. The van der Waals surface area contributed by atoms with Crippen LogP contribution < -0.4 is 15.4 Å². The number of hydrogen-bond acceptors (Lipinski definition) is 4. The van der Waals surface area contributed by atoms with Crippen molar-refractivity contribution in [1.29, 1.82) is 0 Å². The van der Waals surface area contributed by atoms with E-state index in [0.717, 1.165) is 30.9 Å². The second kappa shape index (κ2) is 9.37. The van der Waals surface area contributed by atoms with Gasteiger partial charge in [-0.3, -0.25) is 4.79 Å². The summed E-state index contributed by atoms with van der Waals surface area (Å²) in [5.74, 6) is 0.686. The highest BCUT2D eigenvalue weighted by molar-refractivity contribution is 5.92. The van der Waals surface area contributed by atoms with Gasteiger partial charge in [-0.2, -0.15) is 0 Å². The maximum Gasteiger partial charge on any atom is 0.238 e. The van der Waals surface area contributed by atoms with Crippen LogP contribution in [0, 0.1) is 0 Å². The first-order valence-corrected chi connectivity index (χ1v) is 7.41. The number of benzene rings is 1. The standard InChI is InChI=1S/C16H27N3O2/c1-5-13(2)19(3)10-9-17-12-16(20)18-14-7-6-8-15(11-14)21-4/h6-8,11,13,17H,5,9-10,12H2,1-4H3,(H,18,20). The zero-order valence-corrected chi connectivity index (χ0v) is 13.5. The first kappa shape index (κ1) is 17.5. The predicted molar refractivity (Wildman–Crippen MR) is 86.9 cm³/mol. The van der Waals surface area contributed by atoms with Gasteiger partial charge in [-0.15, -0.1) is 0 Å². The zero-order chi connectivity index (χ0) is 15.7. The van der Waals surface area contributed by atoms with E-state index in [4.69, 9.17) is 4.74 Å². The molecule has 1 aromatic carbocycles. The van der Waals surface area contributed by atoms with E-state index in [-0.39, 0.29) is 5.91 Å². The van der Waals surface area contributed by atoms with Crippen molar-refractivity contribution < 1.29 is 9.53 Å². The van der Waals surface area contributed by atoms with Gasteiger partial charge >= 0.3 is 0 Å². The van der Waals surface area contributed by atoms with Crippen molar-refractivity contribution in [3.63, 3.8) is 0 Å². The molecule has 0 aromatic heterocycles. The maximum absolute atomic E-state index is 11.8. The molecule has 1 unspecified atom stereocenters. The highest BCUT2D eigenvalue weighted by atomic mass is 16.5. The zero-order valence-electron chi connectivity index (χ0n) is 13.5. The molecule has 0 spiro atoms. The molecule has 118 valence electrons. The van der Waals surface area contributed by atoms with Crippen molar-refractivity contribution in [1.82, 2.24) is 10.2 Å².